The number of allylic oxidation sites excluding steroid dienone is 1. The van der Waals surface area contributed by atoms with Crippen LogP contribution in [-0.4, -0.2) is 52.1 Å². The summed E-state index contributed by atoms with van der Waals surface area (Å²) in [5.41, 5.74) is 2.20. The molecule has 6 nitrogen and oxygen atoms in total. The standard InChI is InChI=1S/C16H24N4O2/c1-19-10-14(17-18-19)13-9-20(11-15(13)22-2)16(21)8-12-6-4-3-5-7-12/h8,10,13,15H,3-7,9,11H2,1-2H3/t13-,15+/m0/s1. The minimum Gasteiger partial charge on any atom is -0.379 e. The van der Waals surface area contributed by atoms with Gasteiger partial charge in [0.05, 0.1) is 17.7 Å². The Labute approximate surface area is 131 Å². The second-order valence-electron chi connectivity index (χ2n) is 6.30. The monoisotopic (exact) mass is 304 g/mol. The van der Waals surface area contributed by atoms with Crippen molar-refractivity contribution in [1.29, 1.82) is 0 Å². The van der Waals surface area contributed by atoms with Gasteiger partial charge in [-0.3, -0.25) is 9.48 Å². The van der Waals surface area contributed by atoms with E-state index >= 15 is 0 Å². The van der Waals surface area contributed by atoms with Crippen LogP contribution in [0.15, 0.2) is 17.8 Å². The van der Waals surface area contributed by atoms with Gasteiger partial charge in [0.25, 0.3) is 0 Å². The van der Waals surface area contributed by atoms with Gasteiger partial charge in [-0.15, -0.1) is 5.10 Å². The van der Waals surface area contributed by atoms with Gasteiger partial charge in [-0.2, -0.15) is 0 Å². The normalized spacial score (nSPS) is 25.5. The lowest BCUT2D eigenvalue weighted by atomic mass is 9.94. The first-order valence-electron chi connectivity index (χ1n) is 8.04. The number of nitrogens with zero attached hydrogens (tertiary/aromatic N) is 4. The van der Waals surface area contributed by atoms with Crippen molar-refractivity contribution in [2.45, 2.75) is 44.1 Å². The quantitative estimate of drug-likeness (QED) is 0.797. The molecule has 0 radical (unpaired) electrons. The lowest BCUT2D eigenvalue weighted by Gasteiger charge is -2.17. The van der Waals surface area contributed by atoms with Crippen LogP contribution in [-0.2, 0) is 16.6 Å². The van der Waals surface area contributed by atoms with E-state index in [2.05, 4.69) is 10.3 Å². The number of hydrogen-bond donors (Lipinski definition) is 0. The first-order valence-corrected chi connectivity index (χ1v) is 8.04. The third-order valence-electron chi connectivity index (χ3n) is 4.70. The van der Waals surface area contributed by atoms with Gasteiger partial charge in [0.15, 0.2) is 0 Å². The molecule has 0 unspecified atom stereocenters. The van der Waals surface area contributed by atoms with Crippen LogP contribution in [0.2, 0.25) is 0 Å². The molecule has 2 heterocycles. The molecule has 1 aliphatic carbocycles. The third-order valence-corrected chi connectivity index (χ3v) is 4.70. The van der Waals surface area contributed by atoms with Gasteiger partial charge in [0, 0.05) is 39.5 Å². The van der Waals surface area contributed by atoms with Crippen LogP contribution in [0.4, 0.5) is 0 Å². The van der Waals surface area contributed by atoms with Crippen LogP contribution in [0.1, 0.15) is 43.7 Å². The Morgan fingerprint density at radius 3 is 2.73 bits per heavy atom. The van der Waals surface area contributed by atoms with Crippen LogP contribution in [0.5, 0.6) is 0 Å². The third kappa shape index (κ3) is 3.21. The van der Waals surface area contributed by atoms with Gasteiger partial charge in [0.2, 0.25) is 5.91 Å². The van der Waals surface area contributed by atoms with Crippen molar-refractivity contribution in [2.24, 2.45) is 7.05 Å². The fourth-order valence-corrected chi connectivity index (χ4v) is 3.43. The molecule has 1 aromatic heterocycles. The average molecular weight is 304 g/mol. The van der Waals surface area contributed by atoms with Crippen LogP contribution in [0.25, 0.3) is 0 Å². The number of ether oxygens (including phenoxy) is 1. The topological polar surface area (TPSA) is 60.2 Å². The highest BCUT2D eigenvalue weighted by molar-refractivity contribution is 5.88. The predicted molar refractivity (Wildman–Crippen MR) is 82.3 cm³/mol. The molecule has 22 heavy (non-hydrogen) atoms. The number of amides is 1. The van der Waals surface area contributed by atoms with Crippen molar-refractivity contribution in [1.82, 2.24) is 19.9 Å². The van der Waals surface area contributed by atoms with E-state index in [1.54, 1.807) is 11.8 Å². The minimum atomic E-state index is -0.00888. The highest BCUT2D eigenvalue weighted by Crippen LogP contribution is 2.29. The predicted octanol–water partition coefficient (Wildman–Crippen LogP) is 1.65. The molecule has 6 heteroatoms. The van der Waals surface area contributed by atoms with Gasteiger partial charge in [0.1, 0.15) is 0 Å². The molecule has 2 fully saturated rings. The largest absolute Gasteiger partial charge is 0.379 e. The number of methoxy groups -OCH3 is 1. The zero-order valence-corrected chi connectivity index (χ0v) is 13.4. The summed E-state index contributed by atoms with van der Waals surface area (Å²) >= 11 is 0. The molecule has 120 valence electrons. The zero-order valence-electron chi connectivity index (χ0n) is 13.4. The maximum absolute atomic E-state index is 12.5. The molecule has 2 aliphatic rings. The molecular weight excluding hydrogens is 280 g/mol. The van der Waals surface area contributed by atoms with E-state index in [-0.39, 0.29) is 17.9 Å². The Morgan fingerprint density at radius 1 is 1.32 bits per heavy atom. The van der Waals surface area contributed by atoms with Crippen molar-refractivity contribution in [3.05, 3.63) is 23.5 Å². The van der Waals surface area contributed by atoms with Gasteiger partial charge < -0.3 is 9.64 Å². The van der Waals surface area contributed by atoms with Gasteiger partial charge in [-0.25, -0.2) is 0 Å². The highest BCUT2D eigenvalue weighted by Gasteiger charge is 2.37. The van der Waals surface area contributed by atoms with Crippen molar-refractivity contribution in [2.75, 3.05) is 20.2 Å². The molecule has 1 amide bonds. The highest BCUT2D eigenvalue weighted by atomic mass is 16.5. The molecule has 3 rings (SSSR count). The molecule has 0 bridgehead atoms. The van der Waals surface area contributed by atoms with Crippen molar-refractivity contribution in [3.63, 3.8) is 0 Å². The molecule has 0 aromatic carbocycles. The van der Waals surface area contributed by atoms with Gasteiger partial charge in [-0.05, 0) is 25.7 Å². The summed E-state index contributed by atoms with van der Waals surface area (Å²) in [5, 5.41) is 8.17. The van der Waals surface area contributed by atoms with Gasteiger partial charge in [-0.1, -0.05) is 17.2 Å². The Morgan fingerprint density at radius 2 is 2.09 bits per heavy atom. The Bertz CT molecular complexity index is 558. The first kappa shape index (κ1) is 15.2. The Balaban J connectivity index is 1.69. The molecule has 0 N–H and O–H groups in total. The van der Waals surface area contributed by atoms with E-state index in [0.717, 1.165) is 18.5 Å². The van der Waals surface area contributed by atoms with Crippen molar-refractivity contribution in [3.8, 4) is 0 Å². The summed E-state index contributed by atoms with van der Waals surface area (Å²) in [6.45, 7) is 1.28. The number of likely N-dealkylation sites (tertiary alicyclic amines) is 1. The second kappa shape index (κ2) is 6.60. The average Bonchev–Trinajstić information content (AvgIpc) is 3.14. The van der Waals surface area contributed by atoms with E-state index in [4.69, 9.17) is 4.74 Å². The SMILES string of the molecule is CO[C@@H]1CN(C(=O)C=C2CCCCC2)C[C@H]1c1cn(C)nn1. The number of carbonyl (C=O) groups excluding carboxylic acids is 1. The zero-order chi connectivity index (χ0) is 15.5. The van der Waals surface area contributed by atoms with E-state index < -0.39 is 0 Å². The van der Waals surface area contributed by atoms with Crippen LogP contribution >= 0.6 is 0 Å². The minimum absolute atomic E-state index is 0.00888. The lowest BCUT2D eigenvalue weighted by molar-refractivity contribution is -0.125. The maximum Gasteiger partial charge on any atom is 0.246 e. The maximum atomic E-state index is 12.5. The molecule has 1 aliphatic heterocycles. The molecule has 2 atom stereocenters. The van der Waals surface area contributed by atoms with E-state index in [9.17, 15) is 4.79 Å². The molecule has 0 spiro atoms. The first-order chi connectivity index (χ1) is 10.7. The number of aryl methyl sites for hydroxylation is 1. The molecule has 1 saturated carbocycles. The fraction of sp³-hybridized carbons (Fsp3) is 0.688. The summed E-state index contributed by atoms with van der Waals surface area (Å²) in [6, 6.07) is 0. The fourth-order valence-electron chi connectivity index (χ4n) is 3.43. The van der Waals surface area contributed by atoms with Crippen molar-refractivity contribution < 1.29 is 9.53 Å². The Kier molecular flexibility index (Phi) is 4.57. The molecular formula is C16H24N4O2. The lowest BCUT2D eigenvalue weighted by Crippen LogP contribution is -2.28. The Hall–Kier alpha value is -1.69. The number of carbonyl (C=O) groups is 1. The van der Waals surface area contributed by atoms with Crippen LogP contribution < -0.4 is 0 Å². The number of aromatic nitrogens is 3. The molecule has 1 aromatic rings. The smallest absolute Gasteiger partial charge is 0.246 e. The number of rotatable bonds is 3. The summed E-state index contributed by atoms with van der Waals surface area (Å²) < 4.78 is 7.26. The van der Waals surface area contributed by atoms with E-state index in [1.165, 1.54) is 24.8 Å². The van der Waals surface area contributed by atoms with Crippen LogP contribution in [0.3, 0.4) is 0 Å². The van der Waals surface area contributed by atoms with Gasteiger partial charge >= 0.3 is 0 Å². The summed E-state index contributed by atoms with van der Waals surface area (Å²) in [4.78, 5) is 14.4. The van der Waals surface area contributed by atoms with Crippen LogP contribution in [0, 0.1) is 0 Å². The van der Waals surface area contributed by atoms with E-state index in [0.29, 0.717) is 13.1 Å². The number of hydrogen-bond acceptors (Lipinski definition) is 4. The molecule has 1 saturated heterocycles. The summed E-state index contributed by atoms with van der Waals surface area (Å²) in [7, 11) is 3.55. The summed E-state index contributed by atoms with van der Waals surface area (Å²) in [5.74, 6) is 0.220. The second-order valence-corrected chi connectivity index (χ2v) is 6.30. The van der Waals surface area contributed by atoms with E-state index in [1.807, 2.05) is 24.2 Å². The summed E-state index contributed by atoms with van der Waals surface area (Å²) in [6.07, 6.45) is 9.60. The van der Waals surface area contributed by atoms with Crippen molar-refractivity contribution >= 4 is 5.91 Å².